The van der Waals surface area contributed by atoms with E-state index in [4.69, 9.17) is 0 Å². The molecular weight excluding hydrogens is 273 g/mol. The second-order valence-electron chi connectivity index (χ2n) is 3.74. The molecule has 1 rings (SSSR count). The van der Waals surface area contributed by atoms with Gasteiger partial charge in [-0.1, -0.05) is 6.08 Å². The van der Waals surface area contributed by atoms with Crippen LogP contribution in [0, 0.1) is 5.82 Å². The minimum atomic E-state index is -0.467. The third-order valence-electron chi connectivity index (χ3n) is 2.40. The SMILES string of the molecule is C=CC(C)NC(C)c1cc(Br)c(F)cc1O. The van der Waals surface area contributed by atoms with Crippen molar-refractivity contribution >= 4 is 15.9 Å². The van der Waals surface area contributed by atoms with Gasteiger partial charge in [-0.15, -0.1) is 6.58 Å². The zero-order valence-electron chi connectivity index (χ0n) is 9.30. The van der Waals surface area contributed by atoms with E-state index < -0.39 is 5.82 Å². The van der Waals surface area contributed by atoms with Gasteiger partial charge < -0.3 is 10.4 Å². The third-order valence-corrected chi connectivity index (χ3v) is 3.01. The van der Waals surface area contributed by atoms with Crippen LogP contribution in [-0.2, 0) is 0 Å². The predicted molar refractivity (Wildman–Crippen MR) is 67.0 cm³/mol. The topological polar surface area (TPSA) is 32.3 Å². The second-order valence-corrected chi connectivity index (χ2v) is 4.59. The maximum Gasteiger partial charge on any atom is 0.141 e. The van der Waals surface area contributed by atoms with Gasteiger partial charge in [-0.3, -0.25) is 0 Å². The van der Waals surface area contributed by atoms with Crippen molar-refractivity contribution in [1.29, 1.82) is 0 Å². The lowest BCUT2D eigenvalue weighted by molar-refractivity contribution is 0.442. The molecule has 0 fully saturated rings. The summed E-state index contributed by atoms with van der Waals surface area (Å²) in [6.07, 6.45) is 1.77. The lowest BCUT2D eigenvalue weighted by Crippen LogP contribution is -2.27. The summed E-state index contributed by atoms with van der Waals surface area (Å²) in [6.45, 7) is 7.53. The normalized spacial score (nSPS) is 14.5. The largest absolute Gasteiger partial charge is 0.508 e. The summed E-state index contributed by atoms with van der Waals surface area (Å²) in [5.74, 6) is -0.512. The molecule has 2 N–H and O–H groups in total. The van der Waals surface area contributed by atoms with Crippen molar-refractivity contribution in [3.8, 4) is 5.75 Å². The van der Waals surface area contributed by atoms with Gasteiger partial charge in [-0.2, -0.15) is 0 Å². The Morgan fingerprint density at radius 2 is 2.12 bits per heavy atom. The molecule has 0 heterocycles. The molecule has 1 aromatic rings. The van der Waals surface area contributed by atoms with Gasteiger partial charge in [0, 0.05) is 23.7 Å². The predicted octanol–water partition coefficient (Wildman–Crippen LogP) is 3.52. The number of nitrogens with one attached hydrogen (secondary N) is 1. The van der Waals surface area contributed by atoms with E-state index in [0.717, 1.165) is 6.07 Å². The standard InChI is InChI=1S/C12H15BrFNO/c1-4-7(2)15-8(3)9-5-10(13)11(14)6-12(9)16/h4-8,15-16H,1H2,2-3H3. The van der Waals surface area contributed by atoms with Crippen LogP contribution in [-0.4, -0.2) is 11.1 Å². The molecule has 2 atom stereocenters. The monoisotopic (exact) mass is 287 g/mol. The van der Waals surface area contributed by atoms with Crippen molar-refractivity contribution in [3.05, 3.63) is 40.6 Å². The van der Waals surface area contributed by atoms with Crippen LogP contribution in [0.5, 0.6) is 5.75 Å². The molecule has 2 unspecified atom stereocenters. The summed E-state index contributed by atoms with van der Waals surface area (Å²) in [6, 6.07) is 2.73. The molecule has 0 spiro atoms. The Morgan fingerprint density at radius 1 is 1.50 bits per heavy atom. The molecule has 0 bridgehead atoms. The van der Waals surface area contributed by atoms with E-state index in [0.29, 0.717) is 10.0 Å². The number of halogens is 2. The van der Waals surface area contributed by atoms with Crippen LogP contribution in [0.1, 0.15) is 25.5 Å². The molecule has 0 radical (unpaired) electrons. The molecule has 0 saturated heterocycles. The quantitative estimate of drug-likeness (QED) is 0.831. The highest BCUT2D eigenvalue weighted by Crippen LogP contribution is 2.30. The van der Waals surface area contributed by atoms with E-state index in [1.807, 2.05) is 13.8 Å². The van der Waals surface area contributed by atoms with Crippen LogP contribution in [0.3, 0.4) is 0 Å². The molecule has 0 aliphatic carbocycles. The Bertz CT molecular complexity index is 395. The Hall–Kier alpha value is -0.870. The molecule has 0 aromatic heterocycles. The Morgan fingerprint density at radius 3 is 2.69 bits per heavy atom. The van der Waals surface area contributed by atoms with Crippen LogP contribution >= 0.6 is 15.9 Å². The molecule has 88 valence electrons. The summed E-state index contributed by atoms with van der Waals surface area (Å²) in [4.78, 5) is 0. The first-order chi connectivity index (χ1) is 7.45. The van der Waals surface area contributed by atoms with Crippen molar-refractivity contribution in [2.24, 2.45) is 0 Å². The summed E-state index contributed by atoms with van der Waals surface area (Å²) >= 11 is 3.10. The summed E-state index contributed by atoms with van der Waals surface area (Å²) in [7, 11) is 0. The van der Waals surface area contributed by atoms with Crippen molar-refractivity contribution in [1.82, 2.24) is 5.32 Å². The van der Waals surface area contributed by atoms with E-state index >= 15 is 0 Å². The van der Waals surface area contributed by atoms with Gasteiger partial charge in [0.1, 0.15) is 11.6 Å². The smallest absolute Gasteiger partial charge is 0.141 e. The van der Waals surface area contributed by atoms with Gasteiger partial charge in [0.05, 0.1) is 4.47 Å². The van der Waals surface area contributed by atoms with Crippen molar-refractivity contribution in [2.45, 2.75) is 25.9 Å². The molecular formula is C12H15BrFNO. The highest BCUT2D eigenvalue weighted by atomic mass is 79.9. The van der Waals surface area contributed by atoms with Crippen LogP contribution in [0.2, 0.25) is 0 Å². The molecule has 16 heavy (non-hydrogen) atoms. The molecule has 0 aliphatic rings. The minimum absolute atomic E-state index is 0.0445. The zero-order valence-corrected chi connectivity index (χ0v) is 10.9. The van der Waals surface area contributed by atoms with E-state index in [-0.39, 0.29) is 17.8 Å². The Kier molecular flexibility index (Phi) is 4.50. The van der Waals surface area contributed by atoms with Crippen LogP contribution in [0.25, 0.3) is 0 Å². The van der Waals surface area contributed by atoms with Gasteiger partial charge in [-0.05, 0) is 35.8 Å². The lowest BCUT2D eigenvalue weighted by Gasteiger charge is -2.19. The number of aromatic hydroxyl groups is 1. The van der Waals surface area contributed by atoms with Crippen LogP contribution in [0.4, 0.5) is 4.39 Å². The molecule has 0 amide bonds. The van der Waals surface area contributed by atoms with Crippen molar-refractivity contribution in [2.75, 3.05) is 0 Å². The van der Waals surface area contributed by atoms with Crippen LogP contribution in [0.15, 0.2) is 29.3 Å². The average Bonchev–Trinajstić information content (AvgIpc) is 2.23. The first-order valence-electron chi connectivity index (χ1n) is 5.02. The van der Waals surface area contributed by atoms with Gasteiger partial charge in [0.2, 0.25) is 0 Å². The van der Waals surface area contributed by atoms with Gasteiger partial charge in [-0.25, -0.2) is 4.39 Å². The minimum Gasteiger partial charge on any atom is -0.508 e. The summed E-state index contributed by atoms with van der Waals surface area (Å²) in [5.41, 5.74) is 0.655. The van der Waals surface area contributed by atoms with Gasteiger partial charge >= 0.3 is 0 Å². The number of hydrogen-bond donors (Lipinski definition) is 2. The third kappa shape index (κ3) is 3.06. The molecule has 0 aliphatic heterocycles. The maximum absolute atomic E-state index is 13.1. The molecule has 1 aromatic carbocycles. The van der Waals surface area contributed by atoms with E-state index in [1.165, 1.54) is 0 Å². The number of benzene rings is 1. The fraction of sp³-hybridized carbons (Fsp3) is 0.333. The van der Waals surface area contributed by atoms with E-state index in [9.17, 15) is 9.50 Å². The van der Waals surface area contributed by atoms with Crippen LogP contribution < -0.4 is 5.32 Å². The zero-order chi connectivity index (χ0) is 12.3. The summed E-state index contributed by atoms with van der Waals surface area (Å²) < 4.78 is 13.5. The summed E-state index contributed by atoms with van der Waals surface area (Å²) in [5, 5.41) is 12.9. The highest BCUT2D eigenvalue weighted by Gasteiger charge is 2.14. The molecule has 0 saturated carbocycles. The van der Waals surface area contributed by atoms with Gasteiger partial charge in [0.15, 0.2) is 0 Å². The lowest BCUT2D eigenvalue weighted by atomic mass is 10.1. The van der Waals surface area contributed by atoms with Crippen molar-refractivity contribution < 1.29 is 9.50 Å². The van der Waals surface area contributed by atoms with Crippen molar-refractivity contribution in [3.63, 3.8) is 0 Å². The average molecular weight is 288 g/mol. The maximum atomic E-state index is 13.1. The number of phenolic OH excluding ortho intramolecular Hbond substituents is 1. The first kappa shape index (κ1) is 13.2. The highest BCUT2D eigenvalue weighted by molar-refractivity contribution is 9.10. The van der Waals surface area contributed by atoms with E-state index in [2.05, 4.69) is 27.8 Å². The number of rotatable bonds is 4. The number of hydrogen-bond acceptors (Lipinski definition) is 2. The van der Waals surface area contributed by atoms with E-state index in [1.54, 1.807) is 12.1 Å². The van der Waals surface area contributed by atoms with Gasteiger partial charge in [0.25, 0.3) is 0 Å². The molecule has 2 nitrogen and oxygen atoms in total. The molecule has 4 heteroatoms. The first-order valence-corrected chi connectivity index (χ1v) is 5.81. The fourth-order valence-corrected chi connectivity index (χ4v) is 1.81. The second kappa shape index (κ2) is 5.46. The fourth-order valence-electron chi connectivity index (χ4n) is 1.45. The Labute approximate surface area is 103 Å². The number of phenols is 1. The Balaban J connectivity index is 2.95.